The molecule has 0 radical (unpaired) electrons. The minimum Gasteiger partial charge on any atom is -0.489 e. The van der Waals surface area contributed by atoms with E-state index in [1.54, 1.807) is 42.5 Å². The molecule has 7 heteroatoms. The van der Waals surface area contributed by atoms with Crippen LogP contribution in [-0.2, 0) is 11.4 Å². The predicted octanol–water partition coefficient (Wildman–Crippen LogP) is 3.07. The molecule has 2 aromatic rings. The van der Waals surface area contributed by atoms with Crippen LogP contribution in [0, 0.1) is 5.82 Å². The number of ether oxygens (including phenoxy) is 1. The van der Waals surface area contributed by atoms with Crippen LogP contribution in [0.25, 0.3) is 0 Å². The van der Waals surface area contributed by atoms with E-state index in [0.717, 1.165) is 10.5 Å². The van der Waals surface area contributed by atoms with Gasteiger partial charge in [-0.1, -0.05) is 30.3 Å². The average molecular weight is 358 g/mol. The molecule has 0 spiro atoms. The molecule has 0 aliphatic carbocycles. The minimum absolute atomic E-state index is 0.0977. The van der Waals surface area contributed by atoms with Crippen molar-refractivity contribution in [3.05, 3.63) is 65.5 Å². The molecule has 26 heavy (non-hydrogen) atoms. The van der Waals surface area contributed by atoms with Crippen molar-refractivity contribution < 1.29 is 23.8 Å². The number of hydrogen-bond acceptors (Lipinski definition) is 3. The highest BCUT2D eigenvalue weighted by atomic mass is 19.1. The van der Waals surface area contributed by atoms with Crippen molar-refractivity contribution in [2.75, 3.05) is 0 Å². The van der Waals surface area contributed by atoms with Crippen molar-refractivity contribution in [3.63, 3.8) is 0 Å². The first-order chi connectivity index (χ1) is 12.5. The number of primary amides is 1. The van der Waals surface area contributed by atoms with Crippen LogP contribution in [0.2, 0.25) is 0 Å². The van der Waals surface area contributed by atoms with Crippen molar-refractivity contribution in [2.24, 2.45) is 5.73 Å². The largest absolute Gasteiger partial charge is 0.489 e. The molecule has 2 aromatic carbocycles. The third kappa shape index (κ3) is 3.61. The zero-order chi connectivity index (χ0) is 18.7. The van der Waals surface area contributed by atoms with Gasteiger partial charge >= 0.3 is 6.09 Å². The second-order valence-electron chi connectivity index (χ2n) is 6.15. The van der Waals surface area contributed by atoms with Gasteiger partial charge in [-0.15, -0.1) is 0 Å². The Bertz CT molecular complexity index is 809. The second-order valence-corrected chi connectivity index (χ2v) is 6.15. The Morgan fingerprint density at radius 1 is 1.15 bits per heavy atom. The lowest BCUT2D eigenvalue weighted by atomic mass is 10.0. The van der Waals surface area contributed by atoms with Crippen LogP contribution in [0.4, 0.5) is 9.18 Å². The Balaban J connectivity index is 1.70. The summed E-state index contributed by atoms with van der Waals surface area (Å²) in [5, 5.41) is 9.41. The van der Waals surface area contributed by atoms with Gasteiger partial charge < -0.3 is 15.6 Å². The molecule has 0 saturated carbocycles. The molecule has 1 fully saturated rings. The maximum atomic E-state index is 13.6. The second kappa shape index (κ2) is 7.43. The fourth-order valence-corrected chi connectivity index (χ4v) is 3.25. The summed E-state index contributed by atoms with van der Waals surface area (Å²) < 4.78 is 19.2. The molecule has 0 bridgehead atoms. The van der Waals surface area contributed by atoms with Gasteiger partial charge in [0, 0.05) is 5.56 Å². The number of carbonyl (C=O) groups excluding carboxylic acids is 1. The number of nitrogens with zero attached hydrogens (tertiary/aromatic N) is 1. The quantitative estimate of drug-likeness (QED) is 0.859. The highest BCUT2D eigenvalue weighted by Gasteiger charge is 2.40. The van der Waals surface area contributed by atoms with Gasteiger partial charge in [-0.25, -0.2) is 9.18 Å². The first kappa shape index (κ1) is 17.7. The Kier molecular flexibility index (Phi) is 5.06. The van der Waals surface area contributed by atoms with Crippen molar-refractivity contribution in [1.82, 2.24) is 4.90 Å². The molecular weight excluding hydrogens is 339 g/mol. The maximum absolute atomic E-state index is 13.6. The minimum atomic E-state index is -1.17. The summed E-state index contributed by atoms with van der Waals surface area (Å²) in [6, 6.07) is 12.0. The van der Waals surface area contributed by atoms with E-state index in [1.807, 2.05) is 0 Å². The number of nitrogens with two attached hydrogens (primary N) is 1. The van der Waals surface area contributed by atoms with Crippen molar-refractivity contribution >= 4 is 12.0 Å². The van der Waals surface area contributed by atoms with E-state index in [2.05, 4.69) is 0 Å². The maximum Gasteiger partial charge on any atom is 0.408 e. The number of amides is 2. The predicted molar refractivity (Wildman–Crippen MR) is 92.0 cm³/mol. The third-order valence-corrected chi connectivity index (χ3v) is 4.55. The number of carbonyl (C=O) groups is 2. The fourth-order valence-electron chi connectivity index (χ4n) is 3.25. The standard InChI is InChI=1S/C19H19FN2O4/c20-15-4-2-1-3-13(15)11-26-14-7-5-12(6-8-14)16-9-10-17(18(21)23)22(16)19(24)25/h1-8,16-17H,9-11H2,(H2,21,23)(H,24,25)/t16-,17-/m0/s1. The van der Waals surface area contributed by atoms with Gasteiger partial charge in [0.2, 0.25) is 5.91 Å². The van der Waals surface area contributed by atoms with Crippen molar-refractivity contribution in [3.8, 4) is 5.75 Å². The van der Waals surface area contributed by atoms with Gasteiger partial charge in [-0.05, 0) is 36.6 Å². The van der Waals surface area contributed by atoms with Crippen LogP contribution in [0.5, 0.6) is 5.75 Å². The molecule has 1 heterocycles. The molecule has 136 valence electrons. The van der Waals surface area contributed by atoms with Gasteiger partial charge in [0.05, 0.1) is 6.04 Å². The molecule has 6 nitrogen and oxygen atoms in total. The normalized spacial score (nSPS) is 19.3. The van der Waals surface area contributed by atoms with E-state index >= 15 is 0 Å². The van der Waals surface area contributed by atoms with Gasteiger partial charge in [0.1, 0.15) is 24.2 Å². The Morgan fingerprint density at radius 3 is 2.46 bits per heavy atom. The molecule has 1 aliphatic rings. The van der Waals surface area contributed by atoms with Crippen molar-refractivity contribution in [2.45, 2.75) is 31.5 Å². The van der Waals surface area contributed by atoms with Crippen LogP contribution < -0.4 is 10.5 Å². The highest BCUT2D eigenvalue weighted by Crippen LogP contribution is 2.36. The summed E-state index contributed by atoms with van der Waals surface area (Å²) >= 11 is 0. The SMILES string of the molecule is NC(=O)[C@@H]1CC[C@@H](c2ccc(OCc3ccccc3F)cc2)N1C(=O)O. The van der Waals surface area contributed by atoms with Gasteiger partial charge in [0.25, 0.3) is 0 Å². The molecule has 0 aromatic heterocycles. The molecular formula is C19H19FN2O4. The smallest absolute Gasteiger partial charge is 0.408 e. The van der Waals surface area contributed by atoms with E-state index in [1.165, 1.54) is 6.07 Å². The molecule has 1 saturated heterocycles. The molecule has 3 rings (SSSR count). The molecule has 2 amide bonds. The average Bonchev–Trinajstić information content (AvgIpc) is 3.07. The first-order valence-corrected chi connectivity index (χ1v) is 8.24. The molecule has 2 atom stereocenters. The van der Waals surface area contributed by atoms with Crippen LogP contribution in [0.3, 0.4) is 0 Å². The summed E-state index contributed by atoms with van der Waals surface area (Å²) in [7, 11) is 0. The zero-order valence-corrected chi connectivity index (χ0v) is 14.0. The van der Waals surface area contributed by atoms with Crippen LogP contribution in [-0.4, -0.2) is 28.0 Å². The first-order valence-electron chi connectivity index (χ1n) is 8.24. The van der Waals surface area contributed by atoms with Gasteiger partial charge in [-0.2, -0.15) is 0 Å². The summed E-state index contributed by atoms with van der Waals surface area (Å²) in [5.74, 6) is -0.423. The van der Waals surface area contributed by atoms with E-state index < -0.39 is 24.1 Å². The van der Waals surface area contributed by atoms with E-state index in [9.17, 15) is 19.1 Å². The summed E-state index contributed by atoms with van der Waals surface area (Å²) in [6.45, 7) is 0.0977. The lowest BCUT2D eigenvalue weighted by molar-refractivity contribution is -0.122. The topological polar surface area (TPSA) is 92.9 Å². The van der Waals surface area contributed by atoms with Gasteiger partial charge in [0.15, 0.2) is 0 Å². The van der Waals surface area contributed by atoms with Crippen LogP contribution >= 0.6 is 0 Å². The summed E-state index contributed by atoms with van der Waals surface area (Å²) in [6.07, 6.45) is -0.246. The number of hydrogen-bond donors (Lipinski definition) is 2. The fraction of sp³-hybridized carbons (Fsp3) is 0.263. The van der Waals surface area contributed by atoms with Crippen molar-refractivity contribution in [1.29, 1.82) is 0 Å². The van der Waals surface area contributed by atoms with Crippen LogP contribution in [0.1, 0.15) is 30.0 Å². The Hall–Kier alpha value is -3.09. The number of rotatable bonds is 5. The zero-order valence-electron chi connectivity index (χ0n) is 14.0. The van der Waals surface area contributed by atoms with E-state index in [-0.39, 0.29) is 12.4 Å². The van der Waals surface area contributed by atoms with Gasteiger partial charge in [-0.3, -0.25) is 9.69 Å². The highest BCUT2D eigenvalue weighted by molar-refractivity contribution is 5.84. The number of carboxylic acid groups (broad SMARTS) is 1. The third-order valence-electron chi connectivity index (χ3n) is 4.55. The van der Waals surface area contributed by atoms with E-state index in [0.29, 0.717) is 24.2 Å². The lowest BCUT2D eigenvalue weighted by Gasteiger charge is -2.26. The monoisotopic (exact) mass is 358 g/mol. The Labute approximate surface area is 150 Å². The summed E-state index contributed by atoms with van der Waals surface area (Å²) in [5.41, 5.74) is 6.51. The Morgan fingerprint density at radius 2 is 1.85 bits per heavy atom. The summed E-state index contributed by atoms with van der Waals surface area (Å²) in [4.78, 5) is 24.1. The molecule has 1 aliphatic heterocycles. The number of halogens is 1. The number of benzene rings is 2. The number of likely N-dealkylation sites (tertiary alicyclic amines) is 1. The lowest BCUT2D eigenvalue weighted by Crippen LogP contribution is -2.44. The van der Waals surface area contributed by atoms with E-state index in [4.69, 9.17) is 10.5 Å². The molecule has 3 N–H and O–H groups in total. The molecule has 0 unspecified atom stereocenters. The van der Waals surface area contributed by atoms with Crippen LogP contribution in [0.15, 0.2) is 48.5 Å².